The SMILES string of the molecule is COCc1ccn(C)c(=O)c1. The van der Waals surface area contributed by atoms with Gasteiger partial charge in [-0.15, -0.1) is 0 Å². The molecule has 0 aliphatic heterocycles. The maximum atomic E-state index is 11.0. The van der Waals surface area contributed by atoms with Gasteiger partial charge < -0.3 is 9.30 Å². The zero-order chi connectivity index (χ0) is 8.27. The van der Waals surface area contributed by atoms with Crippen molar-refractivity contribution in [3.63, 3.8) is 0 Å². The average Bonchev–Trinajstić information content (AvgIpc) is 1.98. The summed E-state index contributed by atoms with van der Waals surface area (Å²) in [6.07, 6.45) is 1.73. The molecule has 0 aromatic carbocycles. The molecule has 0 spiro atoms. The van der Waals surface area contributed by atoms with E-state index in [-0.39, 0.29) is 5.56 Å². The summed E-state index contributed by atoms with van der Waals surface area (Å²) in [5.74, 6) is 0. The minimum Gasteiger partial charge on any atom is -0.380 e. The van der Waals surface area contributed by atoms with Gasteiger partial charge in [0.2, 0.25) is 0 Å². The maximum absolute atomic E-state index is 11.0. The molecule has 0 amide bonds. The Bertz CT molecular complexity index is 290. The highest BCUT2D eigenvalue weighted by molar-refractivity contribution is 5.09. The van der Waals surface area contributed by atoms with Crippen LogP contribution in [0.4, 0.5) is 0 Å². The number of aryl methyl sites for hydroxylation is 1. The Labute approximate surface area is 65.2 Å². The van der Waals surface area contributed by atoms with Gasteiger partial charge in [-0.25, -0.2) is 0 Å². The van der Waals surface area contributed by atoms with Gasteiger partial charge in [-0.1, -0.05) is 0 Å². The molecule has 0 aliphatic carbocycles. The topological polar surface area (TPSA) is 31.2 Å². The minimum atomic E-state index is -0.000417. The lowest BCUT2D eigenvalue weighted by molar-refractivity contribution is 0.184. The van der Waals surface area contributed by atoms with Gasteiger partial charge in [0.05, 0.1) is 6.61 Å². The van der Waals surface area contributed by atoms with Crippen LogP contribution in [0.25, 0.3) is 0 Å². The number of hydrogen-bond donors (Lipinski definition) is 0. The van der Waals surface area contributed by atoms with E-state index in [9.17, 15) is 4.79 Å². The van der Waals surface area contributed by atoms with Gasteiger partial charge in [0, 0.05) is 26.4 Å². The van der Waals surface area contributed by atoms with Crippen LogP contribution < -0.4 is 5.56 Å². The standard InChI is InChI=1S/C8H11NO2/c1-9-4-3-7(6-11-2)5-8(9)10/h3-5H,6H2,1-2H3. The van der Waals surface area contributed by atoms with Crippen LogP contribution in [0.5, 0.6) is 0 Å². The molecular weight excluding hydrogens is 142 g/mol. The molecule has 0 N–H and O–H groups in total. The molecule has 3 heteroatoms. The Morgan fingerprint density at radius 1 is 1.64 bits per heavy atom. The number of methoxy groups -OCH3 is 1. The van der Waals surface area contributed by atoms with E-state index in [2.05, 4.69) is 0 Å². The molecule has 1 aromatic heterocycles. The van der Waals surface area contributed by atoms with Gasteiger partial charge in [0.25, 0.3) is 5.56 Å². The van der Waals surface area contributed by atoms with E-state index in [1.165, 1.54) is 4.57 Å². The highest BCUT2D eigenvalue weighted by Gasteiger charge is 1.93. The van der Waals surface area contributed by atoms with Gasteiger partial charge in [-0.2, -0.15) is 0 Å². The van der Waals surface area contributed by atoms with E-state index >= 15 is 0 Å². The lowest BCUT2D eigenvalue weighted by Crippen LogP contribution is -2.15. The normalized spacial score (nSPS) is 10.0. The third kappa shape index (κ3) is 1.91. The molecule has 11 heavy (non-hydrogen) atoms. The van der Waals surface area contributed by atoms with E-state index in [4.69, 9.17) is 4.74 Å². The number of pyridine rings is 1. The number of aromatic nitrogens is 1. The number of nitrogens with zero attached hydrogens (tertiary/aromatic N) is 1. The van der Waals surface area contributed by atoms with Crippen molar-refractivity contribution in [1.29, 1.82) is 0 Å². The van der Waals surface area contributed by atoms with Crippen molar-refractivity contribution in [1.82, 2.24) is 4.57 Å². The van der Waals surface area contributed by atoms with Crippen molar-refractivity contribution in [3.05, 3.63) is 34.2 Å². The highest BCUT2D eigenvalue weighted by atomic mass is 16.5. The smallest absolute Gasteiger partial charge is 0.250 e. The third-order valence-electron chi connectivity index (χ3n) is 1.48. The predicted molar refractivity (Wildman–Crippen MR) is 42.4 cm³/mol. The minimum absolute atomic E-state index is 0.000417. The molecule has 0 saturated carbocycles. The fraction of sp³-hybridized carbons (Fsp3) is 0.375. The first-order valence-electron chi connectivity index (χ1n) is 3.38. The summed E-state index contributed by atoms with van der Waals surface area (Å²) >= 11 is 0. The second-order valence-electron chi connectivity index (χ2n) is 2.42. The van der Waals surface area contributed by atoms with E-state index in [0.29, 0.717) is 6.61 Å². The Morgan fingerprint density at radius 3 is 2.91 bits per heavy atom. The summed E-state index contributed by atoms with van der Waals surface area (Å²) in [5.41, 5.74) is 0.912. The molecule has 3 nitrogen and oxygen atoms in total. The first kappa shape index (κ1) is 8.01. The molecule has 0 fully saturated rings. The molecule has 0 saturated heterocycles. The van der Waals surface area contributed by atoms with E-state index in [0.717, 1.165) is 5.56 Å². The first-order valence-corrected chi connectivity index (χ1v) is 3.38. The van der Waals surface area contributed by atoms with Gasteiger partial charge in [-0.3, -0.25) is 4.79 Å². The summed E-state index contributed by atoms with van der Waals surface area (Å²) in [6, 6.07) is 3.44. The van der Waals surface area contributed by atoms with Crippen LogP contribution in [0.2, 0.25) is 0 Å². The molecule has 60 valence electrons. The Hall–Kier alpha value is -1.09. The van der Waals surface area contributed by atoms with Gasteiger partial charge >= 0.3 is 0 Å². The van der Waals surface area contributed by atoms with E-state index in [1.54, 1.807) is 26.4 Å². The van der Waals surface area contributed by atoms with Crippen molar-refractivity contribution in [2.24, 2.45) is 7.05 Å². The van der Waals surface area contributed by atoms with Crippen molar-refractivity contribution in [2.75, 3.05) is 7.11 Å². The van der Waals surface area contributed by atoms with Crippen molar-refractivity contribution >= 4 is 0 Å². The molecule has 1 aromatic rings. The quantitative estimate of drug-likeness (QED) is 0.620. The Morgan fingerprint density at radius 2 is 2.36 bits per heavy atom. The van der Waals surface area contributed by atoms with Gasteiger partial charge in [-0.05, 0) is 11.6 Å². The van der Waals surface area contributed by atoms with Crippen LogP contribution in [0, 0.1) is 0 Å². The summed E-state index contributed by atoms with van der Waals surface area (Å²) in [7, 11) is 3.33. The maximum Gasteiger partial charge on any atom is 0.250 e. The lowest BCUT2D eigenvalue weighted by Gasteiger charge is -1.99. The van der Waals surface area contributed by atoms with Crippen molar-refractivity contribution in [2.45, 2.75) is 6.61 Å². The number of ether oxygens (including phenoxy) is 1. The molecule has 1 rings (SSSR count). The van der Waals surface area contributed by atoms with Crippen molar-refractivity contribution in [3.8, 4) is 0 Å². The molecule has 0 unspecified atom stereocenters. The summed E-state index contributed by atoms with van der Waals surface area (Å²) in [6.45, 7) is 0.496. The monoisotopic (exact) mass is 153 g/mol. The molecule has 0 atom stereocenters. The molecule has 0 radical (unpaired) electrons. The van der Waals surface area contributed by atoms with Crippen LogP contribution >= 0.6 is 0 Å². The van der Waals surface area contributed by atoms with Gasteiger partial charge in [0.1, 0.15) is 0 Å². The van der Waals surface area contributed by atoms with E-state index < -0.39 is 0 Å². The largest absolute Gasteiger partial charge is 0.380 e. The zero-order valence-electron chi connectivity index (χ0n) is 6.70. The summed E-state index contributed by atoms with van der Waals surface area (Å²) in [5, 5.41) is 0. The zero-order valence-corrected chi connectivity index (χ0v) is 6.70. The third-order valence-corrected chi connectivity index (χ3v) is 1.48. The highest BCUT2D eigenvalue weighted by Crippen LogP contribution is 1.94. The molecular formula is C8H11NO2. The fourth-order valence-electron chi connectivity index (χ4n) is 0.846. The first-order chi connectivity index (χ1) is 5.24. The van der Waals surface area contributed by atoms with Crippen LogP contribution in [-0.2, 0) is 18.4 Å². The number of hydrogen-bond acceptors (Lipinski definition) is 2. The number of rotatable bonds is 2. The second-order valence-corrected chi connectivity index (χ2v) is 2.42. The van der Waals surface area contributed by atoms with Crippen molar-refractivity contribution < 1.29 is 4.74 Å². The van der Waals surface area contributed by atoms with Crippen LogP contribution in [-0.4, -0.2) is 11.7 Å². The van der Waals surface area contributed by atoms with E-state index in [1.807, 2.05) is 6.07 Å². The molecule has 1 heterocycles. The van der Waals surface area contributed by atoms with Crippen LogP contribution in [0.3, 0.4) is 0 Å². The predicted octanol–water partition coefficient (Wildman–Crippen LogP) is 0.532. The lowest BCUT2D eigenvalue weighted by atomic mass is 10.3. The van der Waals surface area contributed by atoms with Crippen LogP contribution in [0.1, 0.15) is 5.56 Å². The molecule has 0 bridgehead atoms. The fourth-order valence-corrected chi connectivity index (χ4v) is 0.846. The summed E-state index contributed by atoms with van der Waals surface area (Å²) < 4.78 is 6.40. The Kier molecular flexibility index (Phi) is 2.44. The molecule has 0 aliphatic rings. The average molecular weight is 153 g/mol. The van der Waals surface area contributed by atoms with Crippen LogP contribution in [0.15, 0.2) is 23.1 Å². The summed E-state index contributed by atoms with van der Waals surface area (Å²) in [4.78, 5) is 11.0. The van der Waals surface area contributed by atoms with Gasteiger partial charge in [0.15, 0.2) is 0 Å². The Balaban J connectivity index is 2.96. The second kappa shape index (κ2) is 3.34.